The van der Waals surface area contributed by atoms with Crippen LogP contribution in [0.3, 0.4) is 0 Å². The molecule has 108 valence electrons. The van der Waals surface area contributed by atoms with Gasteiger partial charge in [-0.05, 0) is 0 Å². The van der Waals surface area contributed by atoms with E-state index in [2.05, 4.69) is 93.6 Å². The van der Waals surface area contributed by atoms with Gasteiger partial charge in [-0.1, -0.05) is 0 Å². The molecule has 3 aromatic rings. The normalized spacial score (nSPS) is 10.5. The number of hydrogen-bond donors (Lipinski definition) is 0. The van der Waals surface area contributed by atoms with Gasteiger partial charge in [0.1, 0.15) is 0 Å². The Morgan fingerprint density at radius 1 is 0.500 bits per heavy atom. The van der Waals surface area contributed by atoms with Gasteiger partial charge in [-0.25, -0.2) is 0 Å². The summed E-state index contributed by atoms with van der Waals surface area (Å²) in [6, 6.07) is 27.3. The molecule has 0 heterocycles. The first kappa shape index (κ1) is 15.2. The number of aryl methyl sites for hydroxylation is 3. The van der Waals surface area contributed by atoms with E-state index in [0.717, 1.165) is 0 Å². The van der Waals surface area contributed by atoms with Crippen molar-refractivity contribution in [2.24, 2.45) is 0 Å². The van der Waals surface area contributed by atoms with Gasteiger partial charge in [0.15, 0.2) is 0 Å². The minimum atomic E-state index is -1.98. The van der Waals surface area contributed by atoms with E-state index in [1.807, 2.05) is 0 Å². The molecule has 0 saturated heterocycles. The molecule has 1 heteroatoms. The first-order valence-corrected chi connectivity index (χ1v) is 11.5. The average Bonchev–Trinajstić information content (AvgIpc) is 2.48. The molecule has 0 fully saturated rings. The van der Waals surface area contributed by atoms with Crippen molar-refractivity contribution in [1.29, 1.82) is 0 Å². The molecule has 0 saturated carbocycles. The van der Waals surface area contributed by atoms with Crippen LogP contribution in [0.2, 0.25) is 0 Å². The zero-order valence-electron chi connectivity index (χ0n) is 13.5. The fraction of sp³-hybridized carbons (Fsp3) is 0.143. The second-order valence-corrected chi connectivity index (χ2v) is 12.2. The molecule has 0 aliphatic carbocycles. The summed E-state index contributed by atoms with van der Waals surface area (Å²) in [5.41, 5.74) is 4.07. The zero-order chi connectivity index (χ0) is 15.5. The Balaban J connectivity index is 2.18. The van der Waals surface area contributed by atoms with Crippen LogP contribution < -0.4 is 12.4 Å². The van der Waals surface area contributed by atoms with Crippen LogP contribution >= 0.6 is 0 Å². The van der Waals surface area contributed by atoms with Crippen molar-refractivity contribution in [3.05, 3.63) is 89.5 Å². The van der Waals surface area contributed by atoms with Crippen molar-refractivity contribution in [2.75, 3.05) is 0 Å². The Hall–Kier alpha value is -1.70. The van der Waals surface area contributed by atoms with Crippen molar-refractivity contribution in [3.63, 3.8) is 0 Å². The average molecular weight is 343 g/mol. The first-order valence-electron chi connectivity index (χ1n) is 7.83. The predicted octanol–water partition coefficient (Wildman–Crippen LogP) is 3.13. The fourth-order valence-electron chi connectivity index (χ4n) is 3.13. The van der Waals surface area contributed by atoms with Gasteiger partial charge in [0.25, 0.3) is 0 Å². The molecule has 0 bridgehead atoms. The minimum absolute atomic E-state index is 1.36. The van der Waals surface area contributed by atoms with E-state index in [9.17, 15) is 0 Å². The topological polar surface area (TPSA) is 0 Å². The maximum atomic E-state index is 2.38. The number of benzene rings is 3. The van der Waals surface area contributed by atoms with Crippen LogP contribution in [0.1, 0.15) is 16.7 Å². The van der Waals surface area contributed by atoms with Crippen LogP contribution in [0, 0.1) is 20.8 Å². The van der Waals surface area contributed by atoms with E-state index in [4.69, 9.17) is 0 Å². The second-order valence-electron chi connectivity index (χ2n) is 6.18. The molecule has 0 aliphatic rings. The Morgan fingerprint density at radius 2 is 0.818 bits per heavy atom. The summed E-state index contributed by atoms with van der Waals surface area (Å²) in [4.78, 5) is 0. The van der Waals surface area contributed by atoms with Crippen LogP contribution in [-0.2, 0) is 0 Å². The first-order chi connectivity index (χ1) is 10.6. The Morgan fingerprint density at radius 3 is 1.09 bits per heavy atom. The molecule has 0 amide bonds. The summed E-state index contributed by atoms with van der Waals surface area (Å²) in [5.74, 6) is 0. The van der Waals surface area contributed by atoms with E-state index < -0.39 is 16.2 Å². The van der Waals surface area contributed by atoms with Gasteiger partial charge in [-0.3, -0.25) is 0 Å². The number of hydrogen-bond acceptors (Lipinski definition) is 0. The molecule has 0 aromatic heterocycles. The Bertz CT molecular complexity index is 681. The molecule has 3 aromatic carbocycles. The summed E-state index contributed by atoms with van der Waals surface area (Å²) in [5, 5.41) is 0. The van der Waals surface area contributed by atoms with Gasteiger partial charge >= 0.3 is 139 Å². The molecule has 0 nitrogen and oxygen atoms in total. The molecular weight excluding hydrogens is 322 g/mol. The van der Waals surface area contributed by atoms with Crippen molar-refractivity contribution >= 4 is 28.6 Å². The molecule has 0 unspecified atom stereocenters. The molecule has 22 heavy (non-hydrogen) atoms. The molecule has 0 radical (unpaired) electrons. The summed E-state index contributed by atoms with van der Waals surface area (Å²) >= 11 is -1.98. The molecule has 3 rings (SSSR count). The quantitative estimate of drug-likeness (QED) is 0.641. The van der Waals surface area contributed by atoms with E-state index >= 15 is 0 Å². The second kappa shape index (κ2) is 6.60. The fourth-order valence-corrected chi connectivity index (χ4v) is 10.2. The molecule has 0 atom stereocenters. The van der Waals surface area contributed by atoms with Crippen molar-refractivity contribution in [3.8, 4) is 0 Å². The SMILES string of the molecule is Cc1ccc[c]([Ga]([c]2cccc(C)c2)[c]2cccc(C)c2)c1. The van der Waals surface area contributed by atoms with Gasteiger partial charge in [0.05, 0.1) is 0 Å². The molecular formula is C21H21Ga. The third-order valence-corrected chi connectivity index (χ3v) is 10.6. The standard InChI is InChI=1S/3C7H7.Ga/c3*1-7-5-3-2-4-6-7;/h3*2-3,5-6H,1H3;. The summed E-state index contributed by atoms with van der Waals surface area (Å²) in [6.07, 6.45) is 0. The third kappa shape index (κ3) is 3.37. The van der Waals surface area contributed by atoms with Gasteiger partial charge < -0.3 is 0 Å². The van der Waals surface area contributed by atoms with Crippen LogP contribution in [0.4, 0.5) is 0 Å². The van der Waals surface area contributed by atoms with E-state index in [1.165, 1.54) is 16.7 Å². The van der Waals surface area contributed by atoms with Crippen LogP contribution in [0.25, 0.3) is 0 Å². The van der Waals surface area contributed by atoms with Gasteiger partial charge in [0, 0.05) is 0 Å². The Labute approximate surface area is 138 Å². The van der Waals surface area contributed by atoms with E-state index in [1.54, 1.807) is 12.4 Å². The third-order valence-electron chi connectivity index (χ3n) is 4.13. The number of rotatable bonds is 3. The molecule has 0 aliphatic heterocycles. The van der Waals surface area contributed by atoms with Gasteiger partial charge in [-0.2, -0.15) is 0 Å². The Kier molecular flexibility index (Phi) is 4.56. The van der Waals surface area contributed by atoms with E-state index in [-0.39, 0.29) is 0 Å². The summed E-state index contributed by atoms with van der Waals surface area (Å²) in [7, 11) is 0. The van der Waals surface area contributed by atoms with Crippen LogP contribution in [0.5, 0.6) is 0 Å². The van der Waals surface area contributed by atoms with Gasteiger partial charge in [-0.15, -0.1) is 0 Å². The van der Waals surface area contributed by atoms with Gasteiger partial charge in [0.2, 0.25) is 0 Å². The van der Waals surface area contributed by atoms with Crippen molar-refractivity contribution in [2.45, 2.75) is 20.8 Å². The van der Waals surface area contributed by atoms with Crippen molar-refractivity contribution in [1.82, 2.24) is 0 Å². The zero-order valence-corrected chi connectivity index (χ0v) is 15.9. The summed E-state index contributed by atoms with van der Waals surface area (Å²) < 4.78 is 4.64. The van der Waals surface area contributed by atoms with E-state index in [0.29, 0.717) is 0 Å². The van der Waals surface area contributed by atoms with Crippen LogP contribution in [-0.4, -0.2) is 16.2 Å². The molecule has 0 spiro atoms. The van der Waals surface area contributed by atoms with Crippen LogP contribution in [0.15, 0.2) is 72.8 Å². The predicted molar refractivity (Wildman–Crippen MR) is 98.2 cm³/mol. The monoisotopic (exact) mass is 342 g/mol. The maximum absolute atomic E-state index is 2.38. The summed E-state index contributed by atoms with van der Waals surface area (Å²) in [6.45, 7) is 6.57. The molecule has 0 N–H and O–H groups in total. The van der Waals surface area contributed by atoms with Crippen molar-refractivity contribution < 1.29 is 0 Å².